The van der Waals surface area contributed by atoms with E-state index in [1.807, 2.05) is 24.3 Å². The average Bonchev–Trinajstić information content (AvgIpc) is 2.59. The summed E-state index contributed by atoms with van der Waals surface area (Å²) in [4.78, 5) is 12.2. The van der Waals surface area contributed by atoms with Gasteiger partial charge in [-0.1, -0.05) is 12.1 Å². The van der Waals surface area contributed by atoms with Gasteiger partial charge in [0.05, 0.1) is 20.7 Å². The Morgan fingerprint density at radius 3 is 2.48 bits per heavy atom. The van der Waals surface area contributed by atoms with Gasteiger partial charge in [0.25, 0.3) is 0 Å². The molecule has 0 fully saturated rings. The van der Waals surface area contributed by atoms with E-state index in [4.69, 9.17) is 15.6 Å². The lowest BCUT2D eigenvalue weighted by Gasteiger charge is -2.28. The predicted molar refractivity (Wildman–Crippen MR) is 93.1 cm³/mol. The number of rotatable bonds is 7. The van der Waals surface area contributed by atoms with Crippen molar-refractivity contribution in [1.29, 1.82) is 0 Å². The first-order chi connectivity index (χ1) is 11.8. The zero-order chi connectivity index (χ0) is 18.4. The molecule has 1 atom stereocenters. The van der Waals surface area contributed by atoms with E-state index in [0.717, 1.165) is 11.1 Å². The molecule has 0 bridgehead atoms. The first kappa shape index (κ1) is 19.1. The molecule has 1 amide bonds. The van der Waals surface area contributed by atoms with Crippen molar-refractivity contribution in [3.8, 4) is 5.75 Å². The molecular weight excluding hydrogens is 323 g/mol. The molecule has 0 aliphatic heterocycles. The fraction of sp³-hybridized carbons (Fsp3) is 0.316. The third-order valence-corrected chi connectivity index (χ3v) is 3.91. The second kappa shape index (κ2) is 8.20. The molecule has 0 radical (unpaired) electrons. The van der Waals surface area contributed by atoms with Crippen LogP contribution in [0, 0.1) is 5.82 Å². The SMILES string of the molecule is C[N+](C)(Cc1ccc(OCc2cccc(F)c2)cc1)C(=O)C(N)CO. The van der Waals surface area contributed by atoms with E-state index in [0.29, 0.717) is 12.3 Å². The first-order valence-electron chi connectivity index (χ1n) is 8.02. The zero-order valence-corrected chi connectivity index (χ0v) is 14.5. The van der Waals surface area contributed by atoms with Gasteiger partial charge in [-0.05, 0) is 42.0 Å². The van der Waals surface area contributed by atoms with E-state index in [1.165, 1.54) is 12.1 Å². The lowest BCUT2D eigenvalue weighted by Crippen LogP contribution is -2.54. The number of aliphatic hydroxyl groups excluding tert-OH is 1. The maximum Gasteiger partial charge on any atom is 0.332 e. The molecule has 25 heavy (non-hydrogen) atoms. The number of nitrogens with zero attached hydrogens (tertiary/aromatic N) is 1. The van der Waals surface area contributed by atoms with Crippen LogP contribution >= 0.6 is 0 Å². The van der Waals surface area contributed by atoms with Gasteiger partial charge in [-0.2, -0.15) is 0 Å². The molecular formula is C19H24FN2O3+. The smallest absolute Gasteiger partial charge is 0.332 e. The highest BCUT2D eigenvalue weighted by Crippen LogP contribution is 2.17. The highest BCUT2D eigenvalue weighted by molar-refractivity contribution is 5.74. The lowest BCUT2D eigenvalue weighted by atomic mass is 10.1. The number of nitrogens with two attached hydrogens (primary N) is 1. The van der Waals surface area contributed by atoms with Crippen molar-refractivity contribution in [3.63, 3.8) is 0 Å². The molecule has 3 N–H and O–H groups in total. The summed E-state index contributed by atoms with van der Waals surface area (Å²) < 4.78 is 18.8. The molecule has 134 valence electrons. The monoisotopic (exact) mass is 347 g/mol. The lowest BCUT2D eigenvalue weighted by molar-refractivity contribution is -0.828. The van der Waals surface area contributed by atoms with E-state index in [-0.39, 0.29) is 29.4 Å². The van der Waals surface area contributed by atoms with E-state index < -0.39 is 6.04 Å². The van der Waals surface area contributed by atoms with Gasteiger partial charge < -0.3 is 15.6 Å². The molecule has 0 aliphatic rings. The molecule has 0 saturated carbocycles. The first-order valence-corrected chi connectivity index (χ1v) is 8.02. The summed E-state index contributed by atoms with van der Waals surface area (Å²) in [5, 5.41) is 9.05. The standard InChI is InChI=1S/C19H24FN2O3/c1-22(2,19(24)18(21)12-23)11-14-6-8-17(9-7-14)25-13-15-4-3-5-16(20)10-15/h3-10,18,23H,11-13,21H2,1-2H3/q+1. The van der Waals surface area contributed by atoms with Crippen molar-refractivity contribution in [3.05, 3.63) is 65.5 Å². The number of likely N-dealkylation sites (N-methyl/N-ethyl adjacent to an activating group) is 1. The molecule has 2 aromatic carbocycles. The molecule has 0 saturated heterocycles. The average molecular weight is 347 g/mol. The maximum absolute atomic E-state index is 13.1. The topological polar surface area (TPSA) is 72.5 Å². The summed E-state index contributed by atoms with van der Waals surface area (Å²) >= 11 is 0. The number of carbonyl (C=O) groups excluding carboxylic acids is 1. The van der Waals surface area contributed by atoms with Crippen LogP contribution in [0.15, 0.2) is 48.5 Å². The Kier molecular flexibility index (Phi) is 6.25. The van der Waals surface area contributed by atoms with Gasteiger partial charge in [-0.25, -0.2) is 9.18 Å². The number of hydrogen-bond acceptors (Lipinski definition) is 4. The number of hydrogen-bond donors (Lipinski definition) is 2. The minimum absolute atomic E-state index is 0.0468. The van der Waals surface area contributed by atoms with Crippen molar-refractivity contribution in [2.24, 2.45) is 5.73 Å². The Morgan fingerprint density at radius 1 is 1.20 bits per heavy atom. The van der Waals surface area contributed by atoms with Crippen LogP contribution in [0.4, 0.5) is 4.39 Å². The minimum atomic E-state index is -0.885. The van der Waals surface area contributed by atoms with Gasteiger partial charge in [-0.3, -0.25) is 4.48 Å². The van der Waals surface area contributed by atoms with Gasteiger partial charge in [0.1, 0.15) is 30.8 Å². The second-order valence-corrected chi connectivity index (χ2v) is 6.53. The largest absolute Gasteiger partial charge is 0.489 e. The van der Waals surface area contributed by atoms with Gasteiger partial charge in [-0.15, -0.1) is 0 Å². The number of ether oxygens (including phenoxy) is 1. The predicted octanol–water partition coefficient (Wildman–Crippen LogP) is 1.83. The number of halogens is 1. The normalized spacial score (nSPS) is 12.7. The highest BCUT2D eigenvalue weighted by Gasteiger charge is 2.31. The fourth-order valence-corrected chi connectivity index (χ4v) is 2.55. The summed E-state index contributed by atoms with van der Waals surface area (Å²) in [5.74, 6) is 0.146. The Balaban J connectivity index is 1.96. The molecule has 1 unspecified atom stereocenters. The fourth-order valence-electron chi connectivity index (χ4n) is 2.55. The van der Waals surface area contributed by atoms with Gasteiger partial charge in [0, 0.05) is 5.56 Å². The van der Waals surface area contributed by atoms with E-state index in [9.17, 15) is 9.18 Å². The number of amides is 1. The molecule has 2 aromatic rings. The van der Waals surface area contributed by atoms with Crippen molar-refractivity contribution < 1.29 is 23.5 Å². The van der Waals surface area contributed by atoms with Crippen LogP contribution in [0.5, 0.6) is 5.75 Å². The van der Waals surface area contributed by atoms with E-state index in [1.54, 1.807) is 26.2 Å². The van der Waals surface area contributed by atoms with Crippen LogP contribution < -0.4 is 10.5 Å². The minimum Gasteiger partial charge on any atom is -0.489 e. The van der Waals surface area contributed by atoms with Crippen LogP contribution in [0.3, 0.4) is 0 Å². The Morgan fingerprint density at radius 2 is 1.88 bits per heavy atom. The van der Waals surface area contributed by atoms with Gasteiger partial charge >= 0.3 is 5.91 Å². The van der Waals surface area contributed by atoms with E-state index in [2.05, 4.69) is 0 Å². The van der Waals surface area contributed by atoms with Crippen molar-refractivity contribution >= 4 is 5.91 Å². The molecule has 0 aromatic heterocycles. The maximum atomic E-state index is 13.1. The number of benzene rings is 2. The van der Waals surface area contributed by atoms with Crippen molar-refractivity contribution in [1.82, 2.24) is 0 Å². The van der Waals surface area contributed by atoms with Crippen LogP contribution in [0.25, 0.3) is 0 Å². The van der Waals surface area contributed by atoms with Gasteiger partial charge in [0.15, 0.2) is 0 Å². The third kappa shape index (κ3) is 5.35. The quantitative estimate of drug-likeness (QED) is 0.750. The van der Waals surface area contributed by atoms with Crippen molar-refractivity contribution in [2.45, 2.75) is 19.2 Å². The molecule has 0 heterocycles. The van der Waals surface area contributed by atoms with E-state index >= 15 is 0 Å². The second-order valence-electron chi connectivity index (χ2n) is 6.53. The molecule has 0 aliphatic carbocycles. The van der Waals surface area contributed by atoms with Crippen molar-refractivity contribution in [2.75, 3.05) is 20.7 Å². The highest BCUT2D eigenvalue weighted by atomic mass is 19.1. The van der Waals surface area contributed by atoms with Crippen LogP contribution in [0.1, 0.15) is 11.1 Å². The summed E-state index contributed by atoms with van der Waals surface area (Å²) in [6.45, 7) is 0.368. The molecule has 0 spiro atoms. The van der Waals surface area contributed by atoms with Crippen LogP contribution in [-0.2, 0) is 17.9 Å². The summed E-state index contributed by atoms with van der Waals surface area (Å²) in [7, 11) is 3.51. The van der Waals surface area contributed by atoms with Crippen LogP contribution in [-0.4, -0.2) is 42.2 Å². The zero-order valence-electron chi connectivity index (χ0n) is 14.5. The number of carbonyl (C=O) groups is 1. The van der Waals surface area contributed by atoms with Crippen LogP contribution in [0.2, 0.25) is 0 Å². The van der Waals surface area contributed by atoms with Gasteiger partial charge in [0.2, 0.25) is 0 Å². The molecule has 2 rings (SSSR count). The molecule has 6 heteroatoms. The molecule has 5 nitrogen and oxygen atoms in total. The summed E-state index contributed by atoms with van der Waals surface area (Å²) in [5.41, 5.74) is 7.32. The Labute approximate surface area is 147 Å². The third-order valence-electron chi connectivity index (χ3n) is 3.91. The number of aliphatic hydroxyl groups is 1. The Bertz CT molecular complexity index is 717. The summed E-state index contributed by atoms with van der Waals surface area (Å²) in [6.07, 6.45) is 0. The summed E-state index contributed by atoms with van der Waals surface area (Å²) in [6, 6.07) is 12.8. The number of quaternary nitrogens is 1. The Hall–Kier alpha value is -2.28.